The van der Waals surface area contributed by atoms with Gasteiger partial charge in [-0.3, -0.25) is 9.69 Å². The molecule has 0 saturated carbocycles. The highest BCUT2D eigenvalue weighted by Gasteiger charge is 2.24. The van der Waals surface area contributed by atoms with Gasteiger partial charge in [0.1, 0.15) is 11.6 Å². The van der Waals surface area contributed by atoms with Gasteiger partial charge < -0.3 is 9.42 Å². The van der Waals surface area contributed by atoms with Crippen LogP contribution in [0.25, 0.3) is 0 Å². The van der Waals surface area contributed by atoms with Gasteiger partial charge in [-0.15, -0.1) is 0 Å². The van der Waals surface area contributed by atoms with Crippen molar-refractivity contribution in [1.29, 1.82) is 0 Å². The number of nitrogens with zero attached hydrogens (tertiary/aromatic N) is 3. The minimum absolute atomic E-state index is 0.110. The van der Waals surface area contributed by atoms with E-state index in [1.54, 1.807) is 24.0 Å². The van der Waals surface area contributed by atoms with Crippen LogP contribution in [0.15, 0.2) is 28.8 Å². The molecule has 0 unspecified atom stereocenters. The lowest BCUT2D eigenvalue weighted by Crippen LogP contribution is -2.48. The van der Waals surface area contributed by atoms with E-state index < -0.39 is 0 Å². The zero-order valence-corrected chi connectivity index (χ0v) is 13.5. The summed E-state index contributed by atoms with van der Waals surface area (Å²) in [5.41, 5.74) is 1.23. The van der Waals surface area contributed by atoms with Crippen LogP contribution in [-0.2, 0) is 6.54 Å². The fourth-order valence-electron chi connectivity index (χ4n) is 2.63. The first-order valence-corrected chi connectivity index (χ1v) is 7.79. The fraction of sp³-hybridized carbons (Fsp3) is 0.375. The summed E-state index contributed by atoms with van der Waals surface area (Å²) in [5, 5.41) is 4.20. The number of hydrogen-bond acceptors (Lipinski definition) is 4. The van der Waals surface area contributed by atoms with Crippen LogP contribution < -0.4 is 0 Å². The average molecular weight is 338 g/mol. The molecule has 0 radical (unpaired) electrons. The molecule has 0 spiro atoms. The zero-order valence-electron chi connectivity index (χ0n) is 12.8. The van der Waals surface area contributed by atoms with Gasteiger partial charge in [0.15, 0.2) is 5.69 Å². The Labute approximate surface area is 138 Å². The Bertz CT molecular complexity index is 711. The number of benzene rings is 1. The second-order valence-electron chi connectivity index (χ2n) is 5.63. The number of hydrogen-bond donors (Lipinski definition) is 0. The van der Waals surface area contributed by atoms with Crippen LogP contribution in [0.4, 0.5) is 4.39 Å². The van der Waals surface area contributed by atoms with Crippen LogP contribution in [0.3, 0.4) is 0 Å². The summed E-state index contributed by atoms with van der Waals surface area (Å²) in [6, 6.07) is 6.08. The molecule has 2 heterocycles. The molecule has 1 aromatic carbocycles. The van der Waals surface area contributed by atoms with E-state index >= 15 is 0 Å². The summed E-state index contributed by atoms with van der Waals surface area (Å²) in [6.07, 6.45) is 0. The van der Waals surface area contributed by atoms with Crippen molar-refractivity contribution in [1.82, 2.24) is 15.0 Å². The third-order valence-corrected chi connectivity index (χ3v) is 4.27. The van der Waals surface area contributed by atoms with Crippen molar-refractivity contribution in [3.8, 4) is 0 Å². The molecule has 0 bridgehead atoms. The molecule has 3 rings (SSSR count). The summed E-state index contributed by atoms with van der Waals surface area (Å²) >= 11 is 6.06. The Hall–Kier alpha value is -1.92. The van der Waals surface area contributed by atoms with Gasteiger partial charge in [0, 0.05) is 43.8 Å². The number of carbonyl (C=O) groups is 1. The molecule has 1 fully saturated rings. The molecular weight excluding hydrogens is 321 g/mol. The minimum atomic E-state index is -0.336. The van der Waals surface area contributed by atoms with Gasteiger partial charge >= 0.3 is 0 Å². The maximum absolute atomic E-state index is 13.1. The lowest BCUT2D eigenvalue weighted by Gasteiger charge is -2.34. The molecule has 1 saturated heterocycles. The minimum Gasteiger partial charge on any atom is -0.361 e. The van der Waals surface area contributed by atoms with Crippen molar-refractivity contribution in [2.24, 2.45) is 0 Å². The van der Waals surface area contributed by atoms with E-state index in [0.717, 1.165) is 18.7 Å². The largest absolute Gasteiger partial charge is 0.361 e. The molecule has 1 amide bonds. The summed E-state index contributed by atoms with van der Waals surface area (Å²) < 4.78 is 18.0. The SMILES string of the molecule is Cc1cc(C(=O)N2CCN(Cc3ccc(F)cc3Cl)CC2)no1. The number of carbonyl (C=O) groups excluding carboxylic acids is 1. The highest BCUT2D eigenvalue weighted by molar-refractivity contribution is 6.31. The van der Waals surface area contributed by atoms with Crippen molar-refractivity contribution < 1.29 is 13.7 Å². The Morgan fingerprint density at radius 2 is 2.04 bits per heavy atom. The van der Waals surface area contributed by atoms with Gasteiger partial charge in [-0.2, -0.15) is 0 Å². The first-order valence-electron chi connectivity index (χ1n) is 7.42. The van der Waals surface area contributed by atoms with Crippen molar-refractivity contribution in [3.63, 3.8) is 0 Å². The van der Waals surface area contributed by atoms with Crippen LogP contribution in [0.1, 0.15) is 21.8 Å². The quantitative estimate of drug-likeness (QED) is 0.864. The molecule has 1 aromatic heterocycles. The second-order valence-corrected chi connectivity index (χ2v) is 6.03. The second kappa shape index (κ2) is 6.68. The van der Waals surface area contributed by atoms with E-state index in [-0.39, 0.29) is 11.7 Å². The van der Waals surface area contributed by atoms with Gasteiger partial charge in [0.25, 0.3) is 5.91 Å². The van der Waals surface area contributed by atoms with Crippen molar-refractivity contribution in [2.75, 3.05) is 26.2 Å². The zero-order chi connectivity index (χ0) is 16.4. The summed E-state index contributed by atoms with van der Waals surface area (Å²) in [6.45, 7) is 5.10. The van der Waals surface area contributed by atoms with Gasteiger partial charge in [-0.05, 0) is 24.6 Å². The smallest absolute Gasteiger partial charge is 0.276 e. The molecule has 1 aliphatic rings. The van der Waals surface area contributed by atoms with Gasteiger partial charge in [-0.1, -0.05) is 22.8 Å². The number of halogens is 2. The van der Waals surface area contributed by atoms with Crippen LogP contribution in [0, 0.1) is 12.7 Å². The molecule has 0 atom stereocenters. The van der Waals surface area contributed by atoms with Gasteiger partial charge in [-0.25, -0.2) is 4.39 Å². The molecule has 0 N–H and O–H groups in total. The molecule has 0 aliphatic carbocycles. The lowest BCUT2D eigenvalue weighted by molar-refractivity contribution is 0.0618. The third-order valence-electron chi connectivity index (χ3n) is 3.92. The molecule has 23 heavy (non-hydrogen) atoms. The predicted octanol–water partition coefficient (Wildman–Crippen LogP) is 2.73. The van der Waals surface area contributed by atoms with Gasteiger partial charge in [0.05, 0.1) is 0 Å². The van der Waals surface area contributed by atoms with Gasteiger partial charge in [0.2, 0.25) is 0 Å². The number of amides is 1. The highest BCUT2D eigenvalue weighted by atomic mass is 35.5. The maximum atomic E-state index is 13.1. The van der Waals surface area contributed by atoms with Crippen molar-refractivity contribution >= 4 is 17.5 Å². The number of aryl methyl sites for hydroxylation is 1. The van der Waals surface area contributed by atoms with Crippen LogP contribution in [0.2, 0.25) is 5.02 Å². The summed E-state index contributed by atoms with van der Waals surface area (Å²) in [7, 11) is 0. The van der Waals surface area contributed by atoms with E-state index in [1.807, 2.05) is 0 Å². The summed E-state index contributed by atoms with van der Waals surface area (Å²) in [4.78, 5) is 16.2. The predicted molar refractivity (Wildman–Crippen MR) is 83.8 cm³/mol. The molecular formula is C16H17ClFN3O2. The first kappa shape index (κ1) is 16.0. The standard InChI is InChI=1S/C16H17ClFN3O2/c1-11-8-15(19-23-11)16(22)21-6-4-20(5-7-21)10-12-2-3-13(18)9-14(12)17/h2-3,8-9H,4-7,10H2,1H3. The lowest BCUT2D eigenvalue weighted by atomic mass is 10.2. The molecule has 7 heteroatoms. The van der Waals surface area contributed by atoms with Crippen LogP contribution >= 0.6 is 11.6 Å². The van der Waals surface area contributed by atoms with E-state index in [9.17, 15) is 9.18 Å². The first-order chi connectivity index (χ1) is 11.0. The highest BCUT2D eigenvalue weighted by Crippen LogP contribution is 2.20. The summed E-state index contributed by atoms with van der Waals surface area (Å²) in [5.74, 6) is 0.177. The Kier molecular flexibility index (Phi) is 4.63. The van der Waals surface area contributed by atoms with Crippen LogP contribution in [-0.4, -0.2) is 47.0 Å². The third kappa shape index (κ3) is 3.71. The average Bonchev–Trinajstić information content (AvgIpc) is 2.97. The molecule has 2 aromatic rings. The Morgan fingerprint density at radius 1 is 1.30 bits per heavy atom. The van der Waals surface area contributed by atoms with E-state index in [2.05, 4.69) is 10.1 Å². The Morgan fingerprint density at radius 3 is 2.65 bits per heavy atom. The maximum Gasteiger partial charge on any atom is 0.276 e. The fourth-order valence-corrected chi connectivity index (χ4v) is 2.86. The molecule has 5 nitrogen and oxygen atoms in total. The van der Waals surface area contributed by atoms with Crippen molar-refractivity contribution in [2.45, 2.75) is 13.5 Å². The monoisotopic (exact) mass is 337 g/mol. The van der Waals surface area contributed by atoms with E-state index in [4.69, 9.17) is 16.1 Å². The Balaban J connectivity index is 1.57. The molecule has 1 aliphatic heterocycles. The topological polar surface area (TPSA) is 49.6 Å². The van der Waals surface area contributed by atoms with Crippen LogP contribution in [0.5, 0.6) is 0 Å². The number of aromatic nitrogens is 1. The number of piperazine rings is 1. The van der Waals surface area contributed by atoms with E-state index in [0.29, 0.717) is 36.1 Å². The number of rotatable bonds is 3. The normalized spacial score (nSPS) is 15.9. The van der Waals surface area contributed by atoms with E-state index in [1.165, 1.54) is 12.1 Å². The van der Waals surface area contributed by atoms with Crippen molar-refractivity contribution in [3.05, 3.63) is 52.1 Å². The molecule has 122 valence electrons.